The normalized spacial score (nSPS) is 39.3. The van der Waals surface area contributed by atoms with Gasteiger partial charge in [-0.1, -0.05) is 19.8 Å². The van der Waals surface area contributed by atoms with E-state index in [1.54, 1.807) is 0 Å². The predicted molar refractivity (Wildman–Crippen MR) is 74.7 cm³/mol. The second-order valence-corrected chi connectivity index (χ2v) is 7.21. The Bertz CT molecular complexity index is 390. The van der Waals surface area contributed by atoms with Crippen molar-refractivity contribution in [3.05, 3.63) is 0 Å². The summed E-state index contributed by atoms with van der Waals surface area (Å²) in [4.78, 5) is 25.5. The fraction of sp³-hybridized carbons (Fsp3) is 0.846. The molecule has 2 fully saturated rings. The average Bonchev–Trinajstić information content (AvgIpc) is 2.69. The molecule has 1 saturated carbocycles. The van der Waals surface area contributed by atoms with Crippen LogP contribution in [0.15, 0.2) is 0 Å². The third kappa shape index (κ3) is 2.74. The van der Waals surface area contributed by atoms with Gasteiger partial charge in [-0.3, -0.25) is 4.79 Å². The van der Waals surface area contributed by atoms with Crippen molar-refractivity contribution >= 4 is 23.6 Å². The third-order valence-electron chi connectivity index (χ3n) is 4.20. The van der Waals surface area contributed by atoms with E-state index in [4.69, 9.17) is 5.73 Å². The lowest BCUT2D eigenvalue weighted by molar-refractivity contribution is -0.152. The van der Waals surface area contributed by atoms with Crippen LogP contribution in [0.25, 0.3) is 0 Å². The maximum atomic E-state index is 12.7. The number of rotatable bonds is 2. The molecule has 0 spiro atoms. The molecule has 3 N–H and O–H groups in total. The van der Waals surface area contributed by atoms with Gasteiger partial charge in [0.1, 0.15) is 6.04 Å². The van der Waals surface area contributed by atoms with Crippen LogP contribution in [0.5, 0.6) is 0 Å². The molecule has 2 rings (SSSR count). The maximum absolute atomic E-state index is 12.7. The lowest BCUT2D eigenvalue weighted by Gasteiger charge is -2.40. The van der Waals surface area contributed by atoms with Crippen molar-refractivity contribution < 1.29 is 14.7 Å². The van der Waals surface area contributed by atoms with Crippen LogP contribution in [0.1, 0.15) is 39.5 Å². The third-order valence-corrected chi connectivity index (χ3v) is 5.42. The van der Waals surface area contributed by atoms with Crippen LogP contribution < -0.4 is 5.73 Å². The van der Waals surface area contributed by atoms with Gasteiger partial charge < -0.3 is 15.7 Å². The van der Waals surface area contributed by atoms with E-state index in [2.05, 4.69) is 6.92 Å². The number of nitrogens with two attached hydrogens (primary N) is 1. The SMILES string of the molecule is CC1CCCC(N)(C(=O)N2C(C)SCC2C(=O)O)C1. The Kier molecular flexibility index (Phi) is 4.11. The lowest BCUT2D eigenvalue weighted by atomic mass is 9.76. The van der Waals surface area contributed by atoms with E-state index in [-0.39, 0.29) is 11.3 Å². The van der Waals surface area contributed by atoms with Crippen molar-refractivity contribution in [3.8, 4) is 0 Å². The van der Waals surface area contributed by atoms with Crippen LogP contribution in [0.4, 0.5) is 0 Å². The smallest absolute Gasteiger partial charge is 0.327 e. The van der Waals surface area contributed by atoms with Crippen LogP contribution in [-0.4, -0.2) is 44.6 Å². The summed E-state index contributed by atoms with van der Waals surface area (Å²) in [6.45, 7) is 3.98. The summed E-state index contributed by atoms with van der Waals surface area (Å²) in [5, 5.41) is 9.13. The Balaban J connectivity index is 2.19. The second kappa shape index (κ2) is 5.32. The Morgan fingerprint density at radius 3 is 2.68 bits per heavy atom. The summed E-state index contributed by atoms with van der Waals surface area (Å²) >= 11 is 1.50. The minimum absolute atomic E-state index is 0.105. The van der Waals surface area contributed by atoms with Crippen LogP contribution in [0.2, 0.25) is 0 Å². The van der Waals surface area contributed by atoms with E-state index in [1.165, 1.54) is 16.7 Å². The van der Waals surface area contributed by atoms with Crippen molar-refractivity contribution in [2.45, 2.75) is 56.5 Å². The first-order chi connectivity index (χ1) is 8.85. The van der Waals surface area contributed by atoms with Gasteiger partial charge in [0.15, 0.2) is 0 Å². The number of hydrogen-bond acceptors (Lipinski definition) is 4. The number of nitrogens with zero attached hydrogens (tertiary/aromatic N) is 1. The number of carboxylic acid groups (broad SMARTS) is 1. The zero-order valence-electron chi connectivity index (χ0n) is 11.5. The zero-order chi connectivity index (χ0) is 14.2. The Morgan fingerprint density at radius 2 is 2.11 bits per heavy atom. The number of amides is 1. The van der Waals surface area contributed by atoms with Gasteiger partial charge in [-0.2, -0.15) is 0 Å². The molecule has 0 aromatic carbocycles. The molecule has 4 unspecified atom stereocenters. The van der Waals surface area contributed by atoms with Crippen LogP contribution in [0, 0.1) is 5.92 Å². The molecule has 6 heteroatoms. The zero-order valence-corrected chi connectivity index (χ0v) is 12.3. The maximum Gasteiger partial charge on any atom is 0.327 e. The molecule has 19 heavy (non-hydrogen) atoms. The van der Waals surface area contributed by atoms with E-state index >= 15 is 0 Å². The molecule has 0 aromatic rings. The van der Waals surface area contributed by atoms with Gasteiger partial charge in [-0.25, -0.2) is 4.79 Å². The van der Waals surface area contributed by atoms with Crippen LogP contribution >= 0.6 is 11.8 Å². The minimum Gasteiger partial charge on any atom is -0.480 e. The number of hydrogen-bond donors (Lipinski definition) is 2. The summed E-state index contributed by atoms with van der Waals surface area (Å²) in [6.07, 6.45) is 3.36. The highest BCUT2D eigenvalue weighted by Crippen LogP contribution is 2.36. The van der Waals surface area contributed by atoms with E-state index in [0.717, 1.165) is 12.8 Å². The summed E-state index contributed by atoms with van der Waals surface area (Å²) in [5.74, 6) is -0.230. The van der Waals surface area contributed by atoms with Gasteiger partial charge in [0.25, 0.3) is 0 Å². The van der Waals surface area contributed by atoms with Crippen molar-refractivity contribution in [2.75, 3.05) is 5.75 Å². The van der Waals surface area contributed by atoms with Gasteiger partial charge in [0, 0.05) is 5.75 Å². The van der Waals surface area contributed by atoms with Crippen molar-refractivity contribution in [2.24, 2.45) is 11.7 Å². The summed E-state index contributed by atoms with van der Waals surface area (Å²) in [5.41, 5.74) is 5.43. The second-order valence-electron chi connectivity index (χ2n) is 5.86. The van der Waals surface area contributed by atoms with Gasteiger partial charge in [0.2, 0.25) is 5.91 Å². The fourth-order valence-electron chi connectivity index (χ4n) is 3.18. The summed E-state index contributed by atoms with van der Waals surface area (Å²) in [6, 6.07) is -0.731. The van der Waals surface area contributed by atoms with Gasteiger partial charge in [-0.15, -0.1) is 11.8 Å². The Labute approximate surface area is 117 Å². The number of carbonyl (C=O) groups is 2. The molecule has 1 aliphatic heterocycles. The first-order valence-electron chi connectivity index (χ1n) is 6.81. The molecule has 2 aliphatic rings. The fourth-order valence-corrected chi connectivity index (χ4v) is 4.35. The van der Waals surface area contributed by atoms with E-state index in [9.17, 15) is 14.7 Å². The van der Waals surface area contributed by atoms with Gasteiger partial charge in [0.05, 0.1) is 10.9 Å². The summed E-state index contributed by atoms with van der Waals surface area (Å²) < 4.78 is 0. The molecule has 1 saturated heterocycles. The first kappa shape index (κ1) is 14.7. The standard InChI is InChI=1S/C13H22N2O3S/c1-8-4-3-5-13(14,6-8)12(18)15-9(2)19-7-10(15)11(16)17/h8-10H,3-7,14H2,1-2H3,(H,16,17). The molecule has 1 amide bonds. The molecular formula is C13H22N2O3S. The Morgan fingerprint density at radius 1 is 1.42 bits per heavy atom. The van der Waals surface area contributed by atoms with Gasteiger partial charge in [-0.05, 0) is 25.7 Å². The quantitative estimate of drug-likeness (QED) is 0.798. The van der Waals surface area contributed by atoms with Crippen molar-refractivity contribution in [3.63, 3.8) is 0 Å². The van der Waals surface area contributed by atoms with E-state index < -0.39 is 17.6 Å². The average molecular weight is 286 g/mol. The highest BCUT2D eigenvalue weighted by molar-refractivity contribution is 8.00. The molecule has 0 radical (unpaired) electrons. The molecule has 4 atom stereocenters. The molecule has 0 aromatic heterocycles. The topological polar surface area (TPSA) is 83.6 Å². The molecule has 108 valence electrons. The number of carbonyl (C=O) groups excluding carboxylic acids is 1. The highest BCUT2D eigenvalue weighted by atomic mass is 32.2. The van der Waals surface area contributed by atoms with Crippen molar-refractivity contribution in [1.29, 1.82) is 0 Å². The van der Waals surface area contributed by atoms with Crippen molar-refractivity contribution in [1.82, 2.24) is 4.90 Å². The van der Waals surface area contributed by atoms with Gasteiger partial charge >= 0.3 is 5.97 Å². The summed E-state index contributed by atoms with van der Waals surface area (Å²) in [7, 11) is 0. The largest absolute Gasteiger partial charge is 0.480 e. The minimum atomic E-state index is -0.933. The van der Waals surface area contributed by atoms with E-state index in [0.29, 0.717) is 24.5 Å². The van der Waals surface area contributed by atoms with E-state index in [1.807, 2.05) is 6.92 Å². The first-order valence-corrected chi connectivity index (χ1v) is 7.86. The molecule has 1 aliphatic carbocycles. The number of thioether (sulfide) groups is 1. The molecular weight excluding hydrogens is 264 g/mol. The van der Waals surface area contributed by atoms with Crippen LogP contribution in [0.3, 0.4) is 0 Å². The predicted octanol–water partition coefficient (Wildman–Crippen LogP) is 1.27. The molecule has 5 nitrogen and oxygen atoms in total. The molecule has 0 bridgehead atoms. The lowest BCUT2D eigenvalue weighted by Crippen LogP contribution is -2.60. The molecule has 1 heterocycles. The number of carboxylic acids is 1. The monoisotopic (exact) mass is 286 g/mol. The Hall–Kier alpha value is -0.750. The van der Waals surface area contributed by atoms with Crippen LogP contribution in [-0.2, 0) is 9.59 Å². The number of aliphatic carboxylic acids is 1. The highest BCUT2D eigenvalue weighted by Gasteiger charge is 2.47.